The first-order valence-corrected chi connectivity index (χ1v) is 7.19. The van der Waals surface area contributed by atoms with Crippen LogP contribution >= 0.6 is 11.6 Å². The molecule has 1 fully saturated rings. The summed E-state index contributed by atoms with van der Waals surface area (Å²) in [7, 11) is 0. The van der Waals surface area contributed by atoms with E-state index in [4.69, 9.17) is 11.6 Å². The monoisotopic (exact) mass is 291 g/mol. The number of fused-ring (bicyclic) bond motifs is 4. The highest BCUT2D eigenvalue weighted by Crippen LogP contribution is 2.42. The van der Waals surface area contributed by atoms with Crippen LogP contribution in [-0.2, 0) is 10.3 Å². The molecule has 6 nitrogen and oxygen atoms in total. The van der Waals surface area contributed by atoms with E-state index in [0.29, 0.717) is 0 Å². The smallest absolute Gasteiger partial charge is 0.264 e. The van der Waals surface area contributed by atoms with E-state index >= 15 is 0 Å². The quantitative estimate of drug-likeness (QED) is 0.730. The van der Waals surface area contributed by atoms with Gasteiger partial charge in [-0.1, -0.05) is 19.3 Å². The summed E-state index contributed by atoms with van der Waals surface area (Å²) in [6.07, 6.45) is 6.62. The lowest BCUT2D eigenvalue weighted by atomic mass is 9.80. The summed E-state index contributed by atoms with van der Waals surface area (Å²) in [5.74, 6) is 0.856. The Labute approximate surface area is 120 Å². The van der Waals surface area contributed by atoms with Gasteiger partial charge in [0.15, 0.2) is 0 Å². The molecule has 1 aliphatic heterocycles. The molecule has 0 atom stereocenters. The summed E-state index contributed by atoms with van der Waals surface area (Å²) in [5.41, 5.74) is 5.91. The second-order valence-electron chi connectivity index (χ2n) is 5.45. The zero-order valence-electron chi connectivity index (χ0n) is 10.8. The fraction of sp³-hybridized carbons (Fsp3) is 0.462. The molecular weight excluding hydrogens is 278 g/mol. The molecule has 1 saturated carbocycles. The second kappa shape index (κ2) is 4.09. The molecule has 0 unspecified atom stereocenters. The van der Waals surface area contributed by atoms with E-state index in [9.17, 15) is 4.79 Å². The minimum absolute atomic E-state index is 0.0111. The van der Waals surface area contributed by atoms with Crippen LogP contribution in [0.4, 0.5) is 5.82 Å². The first-order chi connectivity index (χ1) is 9.71. The molecule has 2 aromatic heterocycles. The molecule has 2 aromatic rings. The maximum Gasteiger partial charge on any atom is 0.264 e. The molecule has 104 valence electrons. The number of nitrogens with one attached hydrogen (secondary N) is 2. The number of carbonyl (C=O) groups is 1. The molecule has 0 bridgehead atoms. The average molecular weight is 292 g/mol. The maximum absolute atomic E-state index is 12.5. The van der Waals surface area contributed by atoms with Gasteiger partial charge in [0.05, 0.1) is 0 Å². The van der Waals surface area contributed by atoms with Crippen LogP contribution < -0.4 is 10.9 Å². The highest BCUT2D eigenvalue weighted by atomic mass is 35.5. The molecule has 20 heavy (non-hydrogen) atoms. The zero-order chi connectivity index (χ0) is 13.7. The van der Waals surface area contributed by atoms with Crippen molar-refractivity contribution in [2.75, 3.05) is 5.43 Å². The predicted octanol–water partition coefficient (Wildman–Crippen LogP) is 2.20. The van der Waals surface area contributed by atoms with Gasteiger partial charge < -0.3 is 0 Å². The number of hydrogen-bond acceptors (Lipinski definition) is 4. The lowest BCUT2D eigenvalue weighted by molar-refractivity contribution is -0.131. The number of amides is 1. The number of rotatable bonds is 0. The third-order valence-corrected chi connectivity index (χ3v) is 4.53. The molecule has 1 spiro atoms. The van der Waals surface area contributed by atoms with Crippen LogP contribution in [0.15, 0.2) is 12.3 Å². The molecule has 2 aliphatic rings. The SMILES string of the molecule is O=C1NNc2cc3cnc(Cl)nc3n2C12CCCCC2. The highest BCUT2D eigenvalue weighted by molar-refractivity contribution is 6.28. The Kier molecular flexibility index (Phi) is 2.44. The van der Waals surface area contributed by atoms with E-state index in [2.05, 4.69) is 20.8 Å². The number of carbonyl (C=O) groups excluding carboxylic acids is 1. The van der Waals surface area contributed by atoms with E-state index in [0.717, 1.165) is 42.5 Å². The van der Waals surface area contributed by atoms with E-state index in [-0.39, 0.29) is 11.2 Å². The van der Waals surface area contributed by atoms with Crippen molar-refractivity contribution >= 4 is 34.4 Å². The van der Waals surface area contributed by atoms with Crippen LogP contribution in [0.1, 0.15) is 32.1 Å². The number of nitrogens with zero attached hydrogens (tertiary/aromatic N) is 3. The Bertz CT molecular complexity index is 704. The molecular formula is C13H14ClN5O. The lowest BCUT2D eigenvalue weighted by Crippen LogP contribution is -2.55. The van der Waals surface area contributed by atoms with Gasteiger partial charge in [0.1, 0.15) is 17.0 Å². The largest absolute Gasteiger partial charge is 0.295 e. The fourth-order valence-corrected chi connectivity index (χ4v) is 3.55. The van der Waals surface area contributed by atoms with Crippen LogP contribution in [0, 0.1) is 0 Å². The van der Waals surface area contributed by atoms with Crippen LogP contribution in [-0.4, -0.2) is 20.4 Å². The van der Waals surface area contributed by atoms with Crippen molar-refractivity contribution in [3.05, 3.63) is 17.5 Å². The van der Waals surface area contributed by atoms with Crippen LogP contribution in [0.3, 0.4) is 0 Å². The van der Waals surface area contributed by atoms with E-state index in [1.54, 1.807) is 6.20 Å². The first kappa shape index (κ1) is 12.0. The van der Waals surface area contributed by atoms with Gasteiger partial charge in [-0.3, -0.25) is 20.2 Å². The Morgan fingerprint density at radius 3 is 2.85 bits per heavy atom. The molecule has 1 aliphatic carbocycles. The van der Waals surface area contributed by atoms with Crippen molar-refractivity contribution in [3.63, 3.8) is 0 Å². The molecule has 0 radical (unpaired) electrons. The van der Waals surface area contributed by atoms with Gasteiger partial charge in [-0.15, -0.1) is 0 Å². The molecule has 0 saturated heterocycles. The molecule has 4 rings (SSSR count). The fourth-order valence-electron chi connectivity index (χ4n) is 3.42. The van der Waals surface area contributed by atoms with Gasteiger partial charge in [0, 0.05) is 11.6 Å². The second-order valence-corrected chi connectivity index (χ2v) is 5.79. The van der Waals surface area contributed by atoms with Crippen molar-refractivity contribution in [1.82, 2.24) is 20.0 Å². The maximum atomic E-state index is 12.5. The summed E-state index contributed by atoms with van der Waals surface area (Å²) in [6.45, 7) is 0. The summed E-state index contributed by atoms with van der Waals surface area (Å²) in [6, 6.07) is 1.95. The highest BCUT2D eigenvalue weighted by Gasteiger charge is 2.46. The number of aromatic nitrogens is 3. The lowest BCUT2D eigenvalue weighted by Gasteiger charge is -2.41. The van der Waals surface area contributed by atoms with Crippen LogP contribution in [0.5, 0.6) is 0 Å². The summed E-state index contributed by atoms with van der Waals surface area (Å²) in [4.78, 5) is 20.8. The van der Waals surface area contributed by atoms with Gasteiger partial charge in [0.25, 0.3) is 5.91 Å². The number of hydrogen-bond donors (Lipinski definition) is 2. The number of hydrazine groups is 1. The average Bonchev–Trinajstić information content (AvgIpc) is 2.83. The number of halogens is 1. The van der Waals surface area contributed by atoms with Crippen molar-refractivity contribution in [3.8, 4) is 0 Å². The first-order valence-electron chi connectivity index (χ1n) is 6.82. The zero-order valence-corrected chi connectivity index (χ0v) is 11.6. The normalized spacial score (nSPS) is 20.6. The van der Waals surface area contributed by atoms with Crippen molar-refractivity contribution in [2.24, 2.45) is 0 Å². The van der Waals surface area contributed by atoms with Crippen LogP contribution in [0.2, 0.25) is 5.28 Å². The van der Waals surface area contributed by atoms with Gasteiger partial charge >= 0.3 is 0 Å². The predicted molar refractivity (Wildman–Crippen MR) is 75.4 cm³/mol. The Hall–Kier alpha value is -1.82. The van der Waals surface area contributed by atoms with Crippen molar-refractivity contribution < 1.29 is 4.79 Å². The molecule has 3 heterocycles. The molecule has 1 amide bonds. The third kappa shape index (κ3) is 1.48. The van der Waals surface area contributed by atoms with Crippen molar-refractivity contribution in [2.45, 2.75) is 37.6 Å². The minimum atomic E-state index is -0.543. The van der Waals surface area contributed by atoms with Crippen molar-refractivity contribution in [1.29, 1.82) is 0 Å². The van der Waals surface area contributed by atoms with Gasteiger partial charge in [-0.25, -0.2) is 4.98 Å². The Morgan fingerprint density at radius 2 is 2.05 bits per heavy atom. The standard InChI is InChI=1S/C13H14ClN5O/c14-12-15-7-8-6-9-17-18-11(20)13(4-2-1-3-5-13)19(9)10(8)16-12/h6-7,17H,1-5H2,(H,18,20). The minimum Gasteiger partial charge on any atom is -0.295 e. The number of anilines is 1. The third-order valence-electron chi connectivity index (χ3n) is 4.35. The van der Waals surface area contributed by atoms with E-state index in [1.165, 1.54) is 6.42 Å². The van der Waals surface area contributed by atoms with E-state index < -0.39 is 5.54 Å². The topological polar surface area (TPSA) is 71.8 Å². The van der Waals surface area contributed by atoms with Gasteiger partial charge in [-0.2, -0.15) is 4.98 Å². The van der Waals surface area contributed by atoms with Crippen LogP contribution in [0.25, 0.3) is 11.0 Å². The molecule has 0 aromatic carbocycles. The Morgan fingerprint density at radius 1 is 1.25 bits per heavy atom. The van der Waals surface area contributed by atoms with Gasteiger partial charge in [-0.05, 0) is 30.5 Å². The molecule has 7 heteroatoms. The summed E-state index contributed by atoms with van der Waals surface area (Å²) in [5, 5.41) is 1.09. The van der Waals surface area contributed by atoms with E-state index in [1.807, 2.05) is 10.6 Å². The van der Waals surface area contributed by atoms with Gasteiger partial charge in [0.2, 0.25) is 5.28 Å². The molecule has 2 N–H and O–H groups in total. The summed E-state index contributed by atoms with van der Waals surface area (Å²) < 4.78 is 2.01. The Balaban J connectivity index is 2.02. The summed E-state index contributed by atoms with van der Waals surface area (Å²) >= 11 is 5.93.